The molecule has 3 spiro atoms. The number of benzene rings is 2. The number of hydrogen-bond donors (Lipinski definition) is 3. The van der Waals surface area contributed by atoms with Crippen LogP contribution in [0.5, 0.6) is 0 Å². The highest BCUT2D eigenvalue weighted by Crippen LogP contribution is 2.56. The maximum atomic E-state index is 14.6. The molecule has 3 N–H and O–H groups in total. The summed E-state index contributed by atoms with van der Waals surface area (Å²) in [6, 6.07) is 20.2. The van der Waals surface area contributed by atoms with Crippen LogP contribution in [0, 0.1) is 5.92 Å². The van der Waals surface area contributed by atoms with Crippen LogP contribution in [0.4, 0.5) is 39.5 Å². The number of alkyl halides is 9. The molecule has 0 bridgehead atoms. The van der Waals surface area contributed by atoms with E-state index < -0.39 is 69.6 Å². The molecule has 1 saturated carbocycles. The zero-order chi connectivity index (χ0) is 56.6. The predicted molar refractivity (Wildman–Crippen MR) is 272 cm³/mol. The smallest absolute Gasteiger partial charge is 0.375 e. The zero-order valence-electron chi connectivity index (χ0n) is 42.8. The molecule has 4 aliphatic carbocycles. The van der Waals surface area contributed by atoms with E-state index >= 15 is 0 Å². The van der Waals surface area contributed by atoms with Crippen LogP contribution in [0.1, 0.15) is 127 Å². The van der Waals surface area contributed by atoms with Crippen molar-refractivity contribution < 1.29 is 58.6 Å². The van der Waals surface area contributed by atoms with Gasteiger partial charge in [-0.3, -0.25) is 19.4 Å². The van der Waals surface area contributed by atoms with Crippen LogP contribution in [-0.2, 0) is 79.8 Å². The molecule has 5 atom stereocenters. The van der Waals surface area contributed by atoms with Gasteiger partial charge in [0.15, 0.2) is 0 Å². The molecule has 3 amide bonds. The number of rotatable bonds is 8. The topological polar surface area (TPSA) is 185 Å². The number of aromatic nitrogens is 4. The molecule has 81 heavy (non-hydrogen) atoms. The monoisotopic (exact) mass is 1120 g/mol. The first-order valence-electron chi connectivity index (χ1n) is 26.3. The third kappa shape index (κ3) is 8.02. The van der Waals surface area contributed by atoms with Crippen molar-refractivity contribution in [2.45, 2.75) is 92.2 Å². The minimum atomic E-state index is -4.85. The van der Waals surface area contributed by atoms with E-state index in [0.717, 1.165) is 29.3 Å². The van der Waals surface area contributed by atoms with Gasteiger partial charge in [0.2, 0.25) is 0 Å². The SMILES string of the molecule is CNC1=NC(=O)[C@]2(CCc3c(COCCNC4=NC(=O)[C@]5(CCc6c(C7CC7CNC7=NC(=O)[C@]8(CCc9ncccc98)c8nc(C(F)(F)F)ccc87)cccc65)c5nc(C(F)(F)F)ccc54)cccc32)c2nc(C(F)(F)F)ccc21. The lowest BCUT2D eigenvalue weighted by Crippen LogP contribution is -2.44. The molecule has 13 rings (SSSR count). The van der Waals surface area contributed by atoms with Crippen molar-refractivity contribution in [1.29, 1.82) is 0 Å². The standard InChI is InChI=1S/C58H45F9N10O4/c1-68-47-33-10-13-41(56(59,60)61)72-44(33)53(50(78)75-47)19-16-30-28(5-2-7-37(30)53)27-81-24-23-70-48-34-11-14-42(57(62,63)64)73-45(34)54(51(79)76-48)20-17-32-31(6-3-8-38(32)54)36-25-29(36)26-71-49-35-12-15-43(58(65,66)67)74-46(35)55(52(80)77-49)21-18-40-39(55)9-4-22-69-40/h2-15,22,29,36H,16-21,23-27H2,1H3,(H,68,75,78)(H,70,76,79)(H,71,77,80)/t29?,36?,53-,54-,55-/m0/s1. The highest BCUT2D eigenvalue weighted by Gasteiger charge is 2.57. The van der Waals surface area contributed by atoms with E-state index in [9.17, 15) is 53.9 Å². The lowest BCUT2D eigenvalue weighted by atomic mass is 9.73. The Kier molecular flexibility index (Phi) is 11.9. The van der Waals surface area contributed by atoms with Gasteiger partial charge in [0.25, 0.3) is 17.7 Å². The van der Waals surface area contributed by atoms with E-state index in [2.05, 4.69) is 50.9 Å². The van der Waals surface area contributed by atoms with E-state index in [1.54, 1.807) is 48.7 Å². The number of carbonyl (C=O) groups excluding carboxylic acids is 3. The van der Waals surface area contributed by atoms with Gasteiger partial charge < -0.3 is 20.7 Å². The summed E-state index contributed by atoms with van der Waals surface area (Å²) in [5.74, 6) is -1.93. The van der Waals surface area contributed by atoms with Gasteiger partial charge in [0, 0.05) is 48.7 Å². The molecule has 2 unspecified atom stereocenters. The number of amidine groups is 3. The van der Waals surface area contributed by atoms with Crippen LogP contribution in [0.3, 0.4) is 0 Å². The van der Waals surface area contributed by atoms with Gasteiger partial charge in [-0.25, -0.2) is 15.0 Å². The molecule has 0 saturated heterocycles. The molecule has 23 heteroatoms. The van der Waals surface area contributed by atoms with Gasteiger partial charge in [-0.05, 0) is 138 Å². The molecule has 6 aromatic rings. The summed E-state index contributed by atoms with van der Waals surface area (Å²) in [7, 11) is 1.51. The molecule has 7 heterocycles. The van der Waals surface area contributed by atoms with Gasteiger partial charge in [0.1, 0.15) is 50.8 Å². The van der Waals surface area contributed by atoms with Crippen LogP contribution < -0.4 is 16.0 Å². The van der Waals surface area contributed by atoms with Gasteiger partial charge in [-0.1, -0.05) is 42.5 Å². The second-order valence-corrected chi connectivity index (χ2v) is 21.3. The summed E-state index contributed by atoms with van der Waals surface area (Å²) in [4.78, 5) is 72.4. The molecule has 1 fully saturated rings. The first-order chi connectivity index (χ1) is 38.7. The molecular formula is C58H45F9N10O4. The summed E-state index contributed by atoms with van der Waals surface area (Å²) >= 11 is 0. The number of amides is 3. The van der Waals surface area contributed by atoms with E-state index in [1.165, 1.54) is 25.2 Å². The van der Waals surface area contributed by atoms with E-state index in [4.69, 9.17) is 4.74 Å². The Morgan fingerprint density at radius 1 is 0.568 bits per heavy atom. The van der Waals surface area contributed by atoms with E-state index in [1.807, 2.05) is 6.07 Å². The summed E-state index contributed by atoms with van der Waals surface area (Å²) in [5.41, 5.74) is -2.55. The molecule has 7 aliphatic rings. The second-order valence-electron chi connectivity index (χ2n) is 21.3. The Labute approximate surface area is 454 Å². The fraction of sp³-hybridized carbons (Fsp3) is 0.345. The van der Waals surface area contributed by atoms with Crippen molar-refractivity contribution in [3.63, 3.8) is 0 Å². The number of aryl methyl sites for hydroxylation is 1. The number of aliphatic imine (C=N–C) groups is 3. The summed E-state index contributed by atoms with van der Waals surface area (Å²) in [5, 5.41) is 9.10. The molecule has 0 radical (unpaired) electrons. The second kappa shape index (κ2) is 18.4. The predicted octanol–water partition coefficient (Wildman–Crippen LogP) is 8.30. The normalized spacial score (nSPS) is 24.0. The van der Waals surface area contributed by atoms with Crippen LogP contribution in [0.15, 0.2) is 106 Å². The van der Waals surface area contributed by atoms with Crippen LogP contribution >= 0.6 is 0 Å². The van der Waals surface area contributed by atoms with Crippen LogP contribution in [-0.4, -0.2) is 81.9 Å². The Morgan fingerprint density at radius 3 is 1.64 bits per heavy atom. The third-order valence-electron chi connectivity index (χ3n) is 17.1. The summed E-state index contributed by atoms with van der Waals surface area (Å²) in [6.45, 7) is 0.329. The number of fused-ring (bicyclic) bond motifs is 12. The number of pyridine rings is 4. The summed E-state index contributed by atoms with van der Waals surface area (Å²) in [6.07, 6.45) is -10.8. The minimum absolute atomic E-state index is 0.00265. The lowest BCUT2D eigenvalue weighted by Gasteiger charge is -2.33. The highest BCUT2D eigenvalue weighted by molar-refractivity contribution is 6.16. The number of carbonyl (C=O) groups is 3. The van der Waals surface area contributed by atoms with Crippen molar-refractivity contribution in [1.82, 2.24) is 35.9 Å². The number of halogens is 9. The van der Waals surface area contributed by atoms with Crippen molar-refractivity contribution in [3.8, 4) is 0 Å². The van der Waals surface area contributed by atoms with Crippen LogP contribution in [0.25, 0.3) is 0 Å². The van der Waals surface area contributed by atoms with Crippen LogP contribution in [0.2, 0.25) is 0 Å². The van der Waals surface area contributed by atoms with Gasteiger partial charge in [-0.2, -0.15) is 54.5 Å². The maximum absolute atomic E-state index is 14.6. The zero-order valence-corrected chi connectivity index (χ0v) is 42.8. The molecule has 3 aliphatic heterocycles. The average Bonchev–Trinajstić information content (AvgIpc) is 3.88. The first kappa shape index (κ1) is 52.2. The largest absolute Gasteiger partial charge is 0.433 e. The quantitative estimate of drug-likeness (QED) is 0.0984. The highest BCUT2D eigenvalue weighted by atomic mass is 19.4. The Hall–Kier alpha value is -8.21. The van der Waals surface area contributed by atoms with Gasteiger partial charge in [-0.15, -0.1) is 0 Å². The summed E-state index contributed by atoms with van der Waals surface area (Å²) < 4.78 is 134. The Balaban J connectivity index is 0.723. The molecular weight excluding hydrogens is 1070 g/mol. The fourth-order valence-electron chi connectivity index (χ4n) is 13.3. The van der Waals surface area contributed by atoms with Crippen molar-refractivity contribution in [3.05, 3.63) is 187 Å². The number of nitrogens with one attached hydrogen (secondary N) is 3. The van der Waals surface area contributed by atoms with E-state index in [0.29, 0.717) is 59.2 Å². The molecule has 2 aromatic carbocycles. The van der Waals surface area contributed by atoms with Crippen molar-refractivity contribution in [2.24, 2.45) is 20.9 Å². The molecule has 14 nitrogen and oxygen atoms in total. The number of ether oxygens (including phenoxy) is 1. The fourth-order valence-corrected chi connectivity index (χ4v) is 13.3. The third-order valence-corrected chi connectivity index (χ3v) is 17.1. The van der Waals surface area contributed by atoms with E-state index in [-0.39, 0.29) is 109 Å². The maximum Gasteiger partial charge on any atom is 0.433 e. The first-order valence-corrected chi connectivity index (χ1v) is 26.3. The average molecular weight is 1120 g/mol. The Bertz CT molecular complexity index is 3820. The minimum Gasteiger partial charge on any atom is -0.375 e. The lowest BCUT2D eigenvalue weighted by molar-refractivity contribution is -0.142. The number of hydrogen-bond acceptors (Lipinski definition) is 11. The molecule has 4 aromatic heterocycles. The molecule has 414 valence electrons. The van der Waals surface area contributed by atoms with Crippen molar-refractivity contribution >= 4 is 35.2 Å². The number of nitrogens with zero attached hydrogens (tertiary/aromatic N) is 7. The Morgan fingerprint density at radius 2 is 1.06 bits per heavy atom. The van der Waals surface area contributed by atoms with Gasteiger partial charge >= 0.3 is 18.5 Å². The van der Waals surface area contributed by atoms with Crippen molar-refractivity contribution in [2.75, 3.05) is 26.7 Å². The van der Waals surface area contributed by atoms with Gasteiger partial charge in [0.05, 0.1) is 30.3 Å².